The lowest BCUT2D eigenvalue weighted by Crippen LogP contribution is -2.68. The Kier molecular flexibility index (Phi) is 8.43. The summed E-state index contributed by atoms with van der Waals surface area (Å²) in [5, 5.41) is 4.80. The molecule has 0 aliphatic rings. The molecule has 0 spiro atoms. The van der Waals surface area contributed by atoms with Gasteiger partial charge in [-0.2, -0.15) is 0 Å². The zero-order valence-electron chi connectivity index (χ0n) is 18.0. The molecule has 0 radical (unpaired) electrons. The summed E-state index contributed by atoms with van der Waals surface area (Å²) >= 11 is 0. The molecule has 168 valence electrons. The highest BCUT2D eigenvalue weighted by Gasteiger charge is 2.22. The van der Waals surface area contributed by atoms with Gasteiger partial charge in [0.2, 0.25) is 11.4 Å². The minimum Gasteiger partial charge on any atom is -0.222 e. The van der Waals surface area contributed by atoms with Crippen LogP contribution < -0.4 is 23.3 Å². The van der Waals surface area contributed by atoms with Gasteiger partial charge in [-0.25, -0.2) is 18.6 Å². The Bertz CT molecular complexity index is 1110. The van der Waals surface area contributed by atoms with E-state index in [-0.39, 0.29) is 0 Å². The number of hydrogen-bond acceptors (Lipinski definition) is 5. The van der Waals surface area contributed by atoms with E-state index in [0.29, 0.717) is 0 Å². The first-order chi connectivity index (χ1) is 15.9. The third-order valence-corrected chi connectivity index (χ3v) is 4.67. The van der Waals surface area contributed by atoms with Gasteiger partial charge in [0.05, 0.1) is 6.21 Å². The minimum atomic E-state index is -4.94. The SMILES string of the molecule is CC/C=N/[n+]1c(-c2ccccc2)cc(-c2ccccc2)cc1-c1ccccc1.[O-][Cl+3]([O-])([O-])[O-]. The predicted octanol–water partition coefficient (Wildman–Crippen LogP) is 1.46. The second-order valence-electron chi connectivity index (χ2n) is 7.01. The second kappa shape index (κ2) is 11.5. The van der Waals surface area contributed by atoms with Crippen molar-refractivity contribution in [3.05, 3.63) is 103 Å². The molecule has 0 bridgehead atoms. The van der Waals surface area contributed by atoms with Gasteiger partial charge in [0.1, 0.15) is 0 Å². The fourth-order valence-corrected chi connectivity index (χ4v) is 3.30. The van der Waals surface area contributed by atoms with E-state index in [1.54, 1.807) is 0 Å². The fraction of sp³-hybridized carbons (Fsp3) is 0.0769. The van der Waals surface area contributed by atoms with Crippen LogP contribution in [-0.4, -0.2) is 6.21 Å². The molecule has 0 aliphatic carbocycles. The molecule has 0 aliphatic heterocycles. The summed E-state index contributed by atoms with van der Waals surface area (Å²) in [6.45, 7) is 2.10. The molecule has 33 heavy (non-hydrogen) atoms. The van der Waals surface area contributed by atoms with Gasteiger partial charge < -0.3 is 0 Å². The van der Waals surface area contributed by atoms with Crippen LogP contribution in [0.1, 0.15) is 13.3 Å². The molecule has 0 N–H and O–H groups in total. The maximum atomic E-state index is 8.49. The molecule has 0 saturated heterocycles. The maximum Gasteiger partial charge on any atom is 0.246 e. The normalized spacial score (nSPS) is 11.2. The smallest absolute Gasteiger partial charge is 0.222 e. The van der Waals surface area contributed by atoms with Crippen molar-refractivity contribution in [2.45, 2.75) is 13.3 Å². The first kappa shape index (κ1) is 24.3. The molecule has 0 unspecified atom stereocenters. The zero-order chi connectivity index (χ0) is 23.7. The number of nitrogens with zero attached hydrogens (tertiary/aromatic N) is 2. The topological polar surface area (TPSA) is 108 Å². The van der Waals surface area contributed by atoms with Crippen molar-refractivity contribution in [3.63, 3.8) is 0 Å². The predicted molar refractivity (Wildman–Crippen MR) is 117 cm³/mol. The van der Waals surface area contributed by atoms with Gasteiger partial charge >= 0.3 is 0 Å². The molecule has 1 aromatic heterocycles. The first-order valence-electron chi connectivity index (χ1n) is 10.3. The van der Waals surface area contributed by atoms with Crippen LogP contribution in [0.2, 0.25) is 0 Å². The lowest BCUT2D eigenvalue weighted by Gasteiger charge is -2.17. The van der Waals surface area contributed by atoms with E-state index in [1.165, 1.54) is 11.1 Å². The molecule has 4 rings (SSSR count). The van der Waals surface area contributed by atoms with E-state index in [2.05, 4.69) is 96.5 Å². The molecule has 0 fully saturated rings. The van der Waals surface area contributed by atoms with E-state index in [9.17, 15) is 0 Å². The van der Waals surface area contributed by atoms with Gasteiger partial charge in [0.15, 0.2) is 0 Å². The van der Waals surface area contributed by atoms with Crippen LogP contribution in [0.25, 0.3) is 33.6 Å². The van der Waals surface area contributed by atoms with Gasteiger partial charge in [-0.3, -0.25) is 0 Å². The highest BCUT2D eigenvalue weighted by molar-refractivity contribution is 5.73. The van der Waals surface area contributed by atoms with Crippen LogP contribution in [0.3, 0.4) is 0 Å². The molecule has 4 aromatic rings. The Morgan fingerprint density at radius 1 is 0.636 bits per heavy atom. The summed E-state index contributed by atoms with van der Waals surface area (Å²) in [5.41, 5.74) is 6.82. The molecule has 0 atom stereocenters. The van der Waals surface area contributed by atoms with Crippen LogP contribution >= 0.6 is 0 Å². The molecule has 0 saturated carbocycles. The molecule has 3 aromatic carbocycles. The van der Waals surface area contributed by atoms with E-state index < -0.39 is 10.2 Å². The molecule has 6 nitrogen and oxygen atoms in total. The van der Waals surface area contributed by atoms with Crippen molar-refractivity contribution in [3.8, 4) is 33.6 Å². The van der Waals surface area contributed by atoms with Crippen LogP contribution in [0.4, 0.5) is 0 Å². The lowest BCUT2D eigenvalue weighted by atomic mass is 10.00. The summed E-state index contributed by atoms with van der Waals surface area (Å²) in [6.07, 6.45) is 2.84. The van der Waals surface area contributed by atoms with Gasteiger partial charge in [-0.15, -0.1) is 10.2 Å². The van der Waals surface area contributed by atoms with Crippen molar-refractivity contribution in [1.29, 1.82) is 0 Å². The Morgan fingerprint density at radius 3 is 1.36 bits per heavy atom. The van der Waals surface area contributed by atoms with E-state index >= 15 is 0 Å². The first-order valence-corrected chi connectivity index (χ1v) is 11.5. The highest BCUT2D eigenvalue weighted by Crippen LogP contribution is 2.29. The second-order valence-corrected chi connectivity index (χ2v) is 7.76. The van der Waals surface area contributed by atoms with Crippen LogP contribution in [-0.2, 0) is 0 Å². The fourth-order valence-electron chi connectivity index (χ4n) is 3.30. The Hall–Kier alpha value is -3.39. The number of rotatable bonds is 5. The van der Waals surface area contributed by atoms with Crippen molar-refractivity contribution in [2.75, 3.05) is 0 Å². The van der Waals surface area contributed by atoms with Crippen molar-refractivity contribution in [1.82, 2.24) is 0 Å². The monoisotopic (exact) mass is 462 g/mol. The molecule has 0 amide bonds. The third-order valence-electron chi connectivity index (χ3n) is 4.67. The van der Waals surface area contributed by atoms with Crippen LogP contribution in [0.5, 0.6) is 0 Å². The molecule has 1 heterocycles. The van der Waals surface area contributed by atoms with E-state index in [4.69, 9.17) is 23.7 Å². The highest BCUT2D eigenvalue weighted by atomic mass is 35.7. The average molecular weight is 463 g/mol. The number of hydrogen-bond donors (Lipinski definition) is 0. The summed E-state index contributed by atoms with van der Waals surface area (Å²) in [6, 6.07) is 35.9. The van der Waals surface area contributed by atoms with Crippen LogP contribution in [0, 0.1) is 10.2 Å². The maximum absolute atomic E-state index is 8.49. The molecular formula is C26H23ClN2O4. The minimum absolute atomic E-state index is 0.885. The number of pyridine rings is 1. The Morgan fingerprint density at radius 2 is 1.00 bits per heavy atom. The van der Waals surface area contributed by atoms with Crippen molar-refractivity contribution < 1.29 is 33.6 Å². The largest absolute Gasteiger partial charge is 0.246 e. The summed E-state index contributed by atoms with van der Waals surface area (Å²) < 4.78 is 36.0. The van der Waals surface area contributed by atoms with Gasteiger partial charge in [0, 0.05) is 23.3 Å². The van der Waals surface area contributed by atoms with Gasteiger partial charge in [-0.1, -0.05) is 73.7 Å². The van der Waals surface area contributed by atoms with Crippen molar-refractivity contribution >= 4 is 6.21 Å². The third kappa shape index (κ3) is 7.32. The van der Waals surface area contributed by atoms with Crippen LogP contribution in [0.15, 0.2) is 108 Å². The van der Waals surface area contributed by atoms with Crippen molar-refractivity contribution in [2.24, 2.45) is 5.10 Å². The Labute approximate surface area is 195 Å². The number of halogens is 1. The summed E-state index contributed by atoms with van der Waals surface area (Å²) in [7, 11) is -4.94. The van der Waals surface area contributed by atoms with Gasteiger partial charge in [0.25, 0.3) is 0 Å². The number of benzene rings is 3. The quantitative estimate of drug-likeness (QED) is 0.330. The Balaban J connectivity index is 0.000000555. The summed E-state index contributed by atoms with van der Waals surface area (Å²) in [4.78, 5) is 0. The summed E-state index contributed by atoms with van der Waals surface area (Å²) in [5.74, 6) is 0. The van der Waals surface area contributed by atoms with E-state index in [1.807, 2.05) is 24.4 Å². The zero-order valence-corrected chi connectivity index (χ0v) is 18.8. The molecule has 7 heteroatoms. The molecular weight excluding hydrogens is 440 g/mol. The van der Waals surface area contributed by atoms with Gasteiger partial charge in [-0.05, 0) is 51.6 Å². The lowest BCUT2D eigenvalue weighted by molar-refractivity contribution is -2.00. The number of aromatic nitrogens is 1. The van der Waals surface area contributed by atoms with E-state index in [0.717, 1.165) is 28.9 Å². The average Bonchev–Trinajstić information content (AvgIpc) is 2.83. The standard InChI is InChI=1S/C26H23N2.ClHO4/c1-2-18-27-28-25(22-14-8-4-9-15-22)19-24(21-12-6-3-7-13-21)20-26(28)23-16-10-5-11-17-23;2-1(3,4)5/h3-20H,2H2,1H3;(H,2,3,4,5)/q+1;/p-1/b27-18+;.